The minimum Gasteiger partial charge on any atom is -0.481 e. The third-order valence-corrected chi connectivity index (χ3v) is 3.80. The number of aromatic nitrogens is 1. The molecule has 0 fully saturated rings. The molecule has 0 aliphatic heterocycles. The highest BCUT2D eigenvalue weighted by atomic mass is 35.5. The van der Waals surface area contributed by atoms with Crippen LogP contribution in [-0.4, -0.2) is 18.6 Å². The number of nitrogens with zero attached hydrogens (tertiary/aromatic N) is 1. The van der Waals surface area contributed by atoms with E-state index in [9.17, 15) is 0 Å². The lowest BCUT2D eigenvalue weighted by Gasteiger charge is -2.04. The van der Waals surface area contributed by atoms with Gasteiger partial charge in [0, 0.05) is 30.2 Å². The van der Waals surface area contributed by atoms with Crippen LogP contribution in [0.5, 0.6) is 5.88 Å². The van der Waals surface area contributed by atoms with Gasteiger partial charge in [0.2, 0.25) is 5.88 Å². The van der Waals surface area contributed by atoms with E-state index in [4.69, 9.17) is 16.3 Å². The Morgan fingerprint density at radius 2 is 2.22 bits per heavy atom. The van der Waals surface area contributed by atoms with E-state index in [0.717, 1.165) is 29.4 Å². The Kier molecular flexibility index (Phi) is 4.99. The van der Waals surface area contributed by atoms with Crippen molar-refractivity contribution in [3.8, 4) is 5.88 Å². The Morgan fingerprint density at radius 1 is 1.33 bits per heavy atom. The lowest BCUT2D eigenvalue weighted by Crippen LogP contribution is -2.16. The van der Waals surface area contributed by atoms with E-state index in [1.165, 1.54) is 4.88 Å². The molecular formula is C13H15ClN2OS. The molecule has 0 atom stereocenters. The summed E-state index contributed by atoms with van der Waals surface area (Å²) in [4.78, 5) is 5.47. The number of halogens is 1. The monoisotopic (exact) mass is 282 g/mol. The molecule has 1 N–H and O–H groups in total. The van der Waals surface area contributed by atoms with E-state index in [1.807, 2.05) is 24.4 Å². The molecule has 0 unspecified atom stereocenters. The van der Waals surface area contributed by atoms with Crippen molar-refractivity contribution in [2.45, 2.75) is 13.0 Å². The van der Waals surface area contributed by atoms with Gasteiger partial charge in [-0.25, -0.2) is 4.98 Å². The average molecular weight is 283 g/mol. The summed E-state index contributed by atoms with van der Waals surface area (Å²) in [5.41, 5.74) is 1.15. The summed E-state index contributed by atoms with van der Waals surface area (Å²) in [6, 6.07) is 7.90. The number of hydrogen-bond donors (Lipinski definition) is 1. The van der Waals surface area contributed by atoms with Crippen LogP contribution in [0.25, 0.3) is 0 Å². The van der Waals surface area contributed by atoms with Crippen LogP contribution in [0.15, 0.2) is 30.5 Å². The molecule has 0 amide bonds. The molecule has 3 nitrogen and oxygen atoms in total. The predicted octanol–water partition coefficient (Wildman–Crippen LogP) is 3.14. The number of pyridine rings is 1. The van der Waals surface area contributed by atoms with E-state index >= 15 is 0 Å². The number of hydrogen-bond acceptors (Lipinski definition) is 4. The Labute approximate surface area is 116 Å². The van der Waals surface area contributed by atoms with Gasteiger partial charge in [-0.1, -0.05) is 17.7 Å². The maximum Gasteiger partial charge on any atom is 0.212 e. The summed E-state index contributed by atoms with van der Waals surface area (Å²) in [7, 11) is 1.62. The van der Waals surface area contributed by atoms with Gasteiger partial charge in [-0.15, -0.1) is 11.3 Å². The molecule has 0 aromatic carbocycles. The topological polar surface area (TPSA) is 34.1 Å². The molecule has 0 saturated heterocycles. The van der Waals surface area contributed by atoms with Crippen molar-refractivity contribution < 1.29 is 4.74 Å². The van der Waals surface area contributed by atoms with Crippen molar-refractivity contribution in [2.75, 3.05) is 13.7 Å². The number of ether oxygens (including phenoxy) is 1. The molecular weight excluding hydrogens is 268 g/mol. The SMILES string of the molecule is COc1ccc(CNCCc2ccc(Cl)s2)cn1. The lowest BCUT2D eigenvalue weighted by molar-refractivity contribution is 0.397. The number of nitrogens with one attached hydrogen (secondary N) is 1. The normalized spacial score (nSPS) is 10.6. The van der Waals surface area contributed by atoms with Crippen molar-refractivity contribution in [3.63, 3.8) is 0 Å². The summed E-state index contributed by atoms with van der Waals surface area (Å²) < 4.78 is 5.86. The van der Waals surface area contributed by atoms with Crippen molar-refractivity contribution in [1.82, 2.24) is 10.3 Å². The minimum atomic E-state index is 0.645. The van der Waals surface area contributed by atoms with Gasteiger partial charge in [0.15, 0.2) is 0 Å². The standard InChI is InChI=1S/C13H15ClN2OS/c1-17-13-5-2-10(9-16-13)8-15-7-6-11-3-4-12(14)18-11/h2-5,9,15H,6-8H2,1H3. The quantitative estimate of drug-likeness (QED) is 0.827. The van der Waals surface area contributed by atoms with Gasteiger partial charge in [0.25, 0.3) is 0 Å². The first-order valence-corrected chi connectivity index (χ1v) is 6.91. The largest absolute Gasteiger partial charge is 0.481 e. The third kappa shape index (κ3) is 3.98. The first-order valence-electron chi connectivity index (χ1n) is 5.72. The van der Waals surface area contributed by atoms with Crippen LogP contribution < -0.4 is 10.1 Å². The zero-order chi connectivity index (χ0) is 12.8. The molecule has 5 heteroatoms. The second-order valence-corrected chi connectivity index (χ2v) is 5.64. The zero-order valence-electron chi connectivity index (χ0n) is 10.1. The van der Waals surface area contributed by atoms with Gasteiger partial charge in [-0.05, 0) is 24.1 Å². The molecule has 2 rings (SSSR count). The Balaban J connectivity index is 1.71. The smallest absolute Gasteiger partial charge is 0.212 e. The van der Waals surface area contributed by atoms with E-state index in [2.05, 4.69) is 16.4 Å². The maximum absolute atomic E-state index is 5.88. The van der Waals surface area contributed by atoms with Crippen LogP contribution in [0, 0.1) is 0 Å². The Bertz CT molecular complexity index is 484. The highest BCUT2D eigenvalue weighted by Crippen LogP contribution is 2.21. The first kappa shape index (κ1) is 13.3. The number of methoxy groups -OCH3 is 1. The van der Waals surface area contributed by atoms with Crippen LogP contribution in [0.2, 0.25) is 4.34 Å². The maximum atomic E-state index is 5.88. The molecule has 0 saturated carbocycles. The van der Waals surface area contributed by atoms with Crippen molar-refractivity contribution in [1.29, 1.82) is 0 Å². The lowest BCUT2D eigenvalue weighted by atomic mass is 10.2. The zero-order valence-corrected chi connectivity index (χ0v) is 11.7. The van der Waals surface area contributed by atoms with Gasteiger partial charge in [-0.3, -0.25) is 0 Å². The van der Waals surface area contributed by atoms with Crippen molar-refractivity contribution >= 4 is 22.9 Å². The van der Waals surface area contributed by atoms with Crippen molar-refractivity contribution in [3.05, 3.63) is 45.2 Å². The molecule has 0 spiro atoms. The van der Waals surface area contributed by atoms with E-state index in [1.54, 1.807) is 18.4 Å². The third-order valence-electron chi connectivity index (χ3n) is 2.51. The van der Waals surface area contributed by atoms with Crippen LogP contribution in [0.1, 0.15) is 10.4 Å². The molecule has 18 heavy (non-hydrogen) atoms. The highest BCUT2D eigenvalue weighted by Gasteiger charge is 1.98. The molecule has 0 radical (unpaired) electrons. The number of thiophene rings is 1. The van der Waals surface area contributed by atoms with Crippen LogP contribution in [-0.2, 0) is 13.0 Å². The summed E-state index contributed by atoms with van der Waals surface area (Å²) in [5, 5.41) is 3.38. The molecule has 0 bridgehead atoms. The fourth-order valence-electron chi connectivity index (χ4n) is 1.57. The second kappa shape index (κ2) is 6.73. The van der Waals surface area contributed by atoms with E-state index < -0.39 is 0 Å². The van der Waals surface area contributed by atoms with Gasteiger partial charge in [0.1, 0.15) is 0 Å². The van der Waals surface area contributed by atoms with E-state index in [-0.39, 0.29) is 0 Å². The predicted molar refractivity (Wildman–Crippen MR) is 75.5 cm³/mol. The highest BCUT2D eigenvalue weighted by molar-refractivity contribution is 7.16. The summed E-state index contributed by atoms with van der Waals surface area (Å²) in [5.74, 6) is 0.645. The molecule has 2 aromatic rings. The summed E-state index contributed by atoms with van der Waals surface area (Å²) in [6.07, 6.45) is 2.83. The average Bonchev–Trinajstić information content (AvgIpc) is 2.81. The molecule has 0 aliphatic rings. The second-order valence-electron chi connectivity index (χ2n) is 3.84. The molecule has 2 heterocycles. The van der Waals surface area contributed by atoms with Gasteiger partial charge in [0.05, 0.1) is 11.4 Å². The molecule has 96 valence electrons. The summed E-state index contributed by atoms with van der Waals surface area (Å²) >= 11 is 7.51. The van der Waals surface area contributed by atoms with E-state index in [0.29, 0.717) is 5.88 Å². The molecule has 2 aromatic heterocycles. The van der Waals surface area contributed by atoms with Gasteiger partial charge in [-0.2, -0.15) is 0 Å². The first-order chi connectivity index (χ1) is 8.78. The number of rotatable bonds is 6. The minimum absolute atomic E-state index is 0.645. The Hall–Kier alpha value is -1.10. The molecule has 0 aliphatic carbocycles. The van der Waals surface area contributed by atoms with Crippen LogP contribution >= 0.6 is 22.9 Å². The van der Waals surface area contributed by atoms with Crippen LogP contribution in [0.3, 0.4) is 0 Å². The van der Waals surface area contributed by atoms with Crippen molar-refractivity contribution in [2.24, 2.45) is 0 Å². The summed E-state index contributed by atoms with van der Waals surface area (Å²) in [6.45, 7) is 1.75. The Morgan fingerprint density at radius 3 is 2.83 bits per heavy atom. The van der Waals surface area contributed by atoms with Gasteiger partial charge >= 0.3 is 0 Å². The van der Waals surface area contributed by atoms with Crippen LogP contribution in [0.4, 0.5) is 0 Å². The fourth-order valence-corrected chi connectivity index (χ4v) is 2.65. The van der Waals surface area contributed by atoms with Gasteiger partial charge < -0.3 is 10.1 Å². The fraction of sp³-hybridized carbons (Fsp3) is 0.308.